The lowest BCUT2D eigenvalue weighted by molar-refractivity contribution is -0.121. The Labute approximate surface area is 131 Å². The normalized spacial score (nSPS) is 26.3. The van der Waals surface area contributed by atoms with E-state index in [9.17, 15) is 9.90 Å². The summed E-state index contributed by atoms with van der Waals surface area (Å²) in [6, 6.07) is 2.30. The van der Waals surface area contributed by atoms with E-state index in [-0.39, 0.29) is 11.2 Å². The van der Waals surface area contributed by atoms with E-state index in [1.54, 1.807) is 7.11 Å². The fourth-order valence-electron chi connectivity index (χ4n) is 4.90. The molecule has 1 aromatic rings. The lowest BCUT2D eigenvalue weighted by atomic mass is 9.69. The number of fused-ring (bicyclic) bond motifs is 1. The summed E-state index contributed by atoms with van der Waals surface area (Å²) in [5, 5.41) is 10.4. The number of carbonyl (C=O) groups is 1. The molecule has 0 radical (unpaired) electrons. The average molecular weight is 301 g/mol. The van der Waals surface area contributed by atoms with Gasteiger partial charge in [-0.25, -0.2) is 0 Å². The summed E-state index contributed by atoms with van der Waals surface area (Å²) in [6.07, 6.45) is 5.12. The molecule has 4 rings (SSSR count). The zero-order chi connectivity index (χ0) is 15.5. The van der Waals surface area contributed by atoms with Crippen molar-refractivity contribution >= 4 is 5.78 Å². The molecule has 4 heteroatoms. The van der Waals surface area contributed by atoms with Gasteiger partial charge in [0.1, 0.15) is 5.78 Å². The Balaban J connectivity index is 1.94. The average Bonchev–Trinajstić information content (AvgIpc) is 2.83. The lowest BCUT2D eigenvalue weighted by Gasteiger charge is -2.35. The number of carbonyl (C=O) groups excluding carboxylic acids is 1. The largest absolute Gasteiger partial charge is 0.504 e. The molecular formula is C18H23NO3. The maximum absolute atomic E-state index is 11.7. The first-order chi connectivity index (χ1) is 10.6. The minimum absolute atomic E-state index is 0.00530. The first-order valence-corrected chi connectivity index (χ1v) is 8.21. The number of hydrogen-bond donors (Lipinski definition) is 1. The lowest BCUT2D eigenvalue weighted by Crippen LogP contribution is -2.33. The number of hydrogen-bond acceptors (Lipinski definition) is 4. The molecule has 4 nitrogen and oxygen atoms in total. The first kappa shape index (κ1) is 14.1. The number of phenolic OH excluding ortho intramolecular Hbond substituents is 1. The van der Waals surface area contributed by atoms with Gasteiger partial charge in [0.05, 0.1) is 7.11 Å². The summed E-state index contributed by atoms with van der Waals surface area (Å²) in [6.45, 7) is 1.03. The van der Waals surface area contributed by atoms with Crippen LogP contribution in [0.25, 0.3) is 0 Å². The predicted octanol–water partition coefficient (Wildman–Crippen LogP) is 2.71. The molecule has 1 fully saturated rings. The van der Waals surface area contributed by atoms with Crippen LogP contribution in [0.1, 0.15) is 54.8 Å². The standard InChI is InChI=1S/C18H23NO3/c1-19-8-5-11-9-14(21)17(22-2)16-15(11)13(19)10-18(16)6-3-12(20)4-7-18/h9,13,21H,3-8,10H2,1-2H3. The molecule has 1 atom stereocenters. The summed E-state index contributed by atoms with van der Waals surface area (Å²) < 4.78 is 5.60. The van der Waals surface area contributed by atoms with E-state index in [0.29, 0.717) is 30.4 Å². The van der Waals surface area contributed by atoms with Crippen molar-refractivity contribution in [3.8, 4) is 11.5 Å². The monoisotopic (exact) mass is 301 g/mol. The van der Waals surface area contributed by atoms with Gasteiger partial charge in [0, 0.05) is 36.4 Å². The molecule has 2 aliphatic carbocycles. The number of likely N-dealkylation sites (N-methyl/N-ethyl adjacent to an activating group) is 1. The van der Waals surface area contributed by atoms with Gasteiger partial charge in [0.2, 0.25) is 0 Å². The van der Waals surface area contributed by atoms with Crippen molar-refractivity contribution in [2.45, 2.75) is 50.0 Å². The van der Waals surface area contributed by atoms with E-state index in [0.717, 1.165) is 32.2 Å². The van der Waals surface area contributed by atoms with Crippen molar-refractivity contribution in [1.29, 1.82) is 0 Å². The van der Waals surface area contributed by atoms with Crippen LogP contribution in [0, 0.1) is 0 Å². The number of benzene rings is 1. The zero-order valence-electron chi connectivity index (χ0n) is 13.3. The topological polar surface area (TPSA) is 49.8 Å². The SMILES string of the molecule is COc1c(O)cc2c3c1C1(CCC(=O)CC1)CC3N(C)CC2. The van der Waals surface area contributed by atoms with E-state index in [1.807, 2.05) is 6.07 Å². The fourth-order valence-corrected chi connectivity index (χ4v) is 4.90. The van der Waals surface area contributed by atoms with E-state index in [4.69, 9.17) is 4.74 Å². The second-order valence-corrected chi connectivity index (χ2v) is 7.15. The Morgan fingerprint density at radius 3 is 2.73 bits per heavy atom. The minimum atomic E-state index is 0.00530. The Bertz CT molecular complexity index is 642. The van der Waals surface area contributed by atoms with Crippen molar-refractivity contribution in [2.24, 2.45) is 0 Å². The van der Waals surface area contributed by atoms with Crippen LogP contribution in [0.2, 0.25) is 0 Å². The van der Waals surface area contributed by atoms with Crippen LogP contribution in [0.5, 0.6) is 11.5 Å². The first-order valence-electron chi connectivity index (χ1n) is 8.21. The van der Waals surface area contributed by atoms with Crippen molar-refractivity contribution in [3.63, 3.8) is 0 Å². The van der Waals surface area contributed by atoms with Crippen molar-refractivity contribution in [2.75, 3.05) is 20.7 Å². The predicted molar refractivity (Wildman–Crippen MR) is 83.5 cm³/mol. The molecular weight excluding hydrogens is 278 g/mol. The Morgan fingerprint density at radius 1 is 1.32 bits per heavy atom. The van der Waals surface area contributed by atoms with Gasteiger partial charge in [-0.1, -0.05) is 0 Å². The van der Waals surface area contributed by atoms with Crippen LogP contribution in [0.4, 0.5) is 0 Å². The van der Waals surface area contributed by atoms with Gasteiger partial charge in [-0.05, 0) is 49.9 Å². The summed E-state index contributed by atoms with van der Waals surface area (Å²) >= 11 is 0. The molecule has 0 aromatic heterocycles. The number of nitrogens with zero attached hydrogens (tertiary/aromatic N) is 1. The molecule has 22 heavy (non-hydrogen) atoms. The van der Waals surface area contributed by atoms with E-state index in [2.05, 4.69) is 11.9 Å². The highest BCUT2D eigenvalue weighted by Gasteiger charge is 2.51. The Morgan fingerprint density at radius 2 is 2.05 bits per heavy atom. The van der Waals surface area contributed by atoms with Gasteiger partial charge < -0.3 is 9.84 Å². The fraction of sp³-hybridized carbons (Fsp3) is 0.611. The number of methoxy groups -OCH3 is 1. The van der Waals surface area contributed by atoms with Crippen molar-refractivity contribution in [1.82, 2.24) is 4.90 Å². The highest BCUT2D eigenvalue weighted by Crippen LogP contribution is 2.60. The number of phenols is 1. The molecule has 1 aromatic carbocycles. The van der Waals surface area contributed by atoms with Crippen LogP contribution in [-0.2, 0) is 16.6 Å². The minimum Gasteiger partial charge on any atom is -0.504 e. The van der Waals surface area contributed by atoms with Crippen molar-refractivity contribution in [3.05, 3.63) is 22.8 Å². The third kappa shape index (κ3) is 1.76. The third-order valence-corrected chi connectivity index (χ3v) is 6.07. The Kier molecular flexibility index (Phi) is 3.02. The molecule has 118 valence electrons. The van der Waals surface area contributed by atoms with E-state index < -0.39 is 0 Å². The van der Waals surface area contributed by atoms with Crippen LogP contribution in [0.3, 0.4) is 0 Å². The molecule has 1 N–H and O–H groups in total. The molecule has 1 saturated carbocycles. The number of aromatic hydroxyl groups is 1. The van der Waals surface area contributed by atoms with E-state index in [1.165, 1.54) is 16.7 Å². The maximum Gasteiger partial charge on any atom is 0.164 e. The van der Waals surface area contributed by atoms with Gasteiger partial charge in [-0.15, -0.1) is 0 Å². The zero-order valence-corrected chi connectivity index (χ0v) is 13.3. The molecule has 1 spiro atoms. The summed E-state index contributed by atoms with van der Waals surface area (Å²) in [5.41, 5.74) is 3.85. The van der Waals surface area contributed by atoms with Gasteiger partial charge in [0.25, 0.3) is 0 Å². The molecule has 0 bridgehead atoms. The smallest absolute Gasteiger partial charge is 0.164 e. The van der Waals surface area contributed by atoms with Crippen LogP contribution in [-0.4, -0.2) is 36.5 Å². The highest BCUT2D eigenvalue weighted by molar-refractivity contribution is 5.80. The van der Waals surface area contributed by atoms with Gasteiger partial charge in [-0.2, -0.15) is 0 Å². The number of Topliss-reactive ketones (excluding diaryl/α,β-unsaturated/α-hetero) is 1. The molecule has 1 heterocycles. The van der Waals surface area contributed by atoms with Crippen molar-refractivity contribution < 1.29 is 14.6 Å². The van der Waals surface area contributed by atoms with Crippen LogP contribution < -0.4 is 4.74 Å². The second-order valence-electron chi connectivity index (χ2n) is 7.15. The maximum atomic E-state index is 11.7. The molecule has 0 saturated heterocycles. The summed E-state index contributed by atoms with van der Waals surface area (Å²) in [7, 11) is 3.82. The number of rotatable bonds is 1. The third-order valence-electron chi connectivity index (χ3n) is 6.07. The molecule has 0 amide bonds. The summed E-state index contributed by atoms with van der Waals surface area (Å²) in [4.78, 5) is 14.2. The quantitative estimate of drug-likeness (QED) is 0.866. The Hall–Kier alpha value is -1.55. The van der Waals surface area contributed by atoms with Crippen LogP contribution in [0.15, 0.2) is 6.07 Å². The second kappa shape index (κ2) is 4.72. The molecule has 1 unspecified atom stereocenters. The number of ether oxygens (including phenoxy) is 1. The molecule has 1 aliphatic heterocycles. The van der Waals surface area contributed by atoms with Gasteiger partial charge >= 0.3 is 0 Å². The van der Waals surface area contributed by atoms with Gasteiger partial charge in [-0.3, -0.25) is 9.69 Å². The van der Waals surface area contributed by atoms with E-state index >= 15 is 0 Å². The van der Waals surface area contributed by atoms with Crippen LogP contribution >= 0.6 is 0 Å². The van der Waals surface area contributed by atoms with Gasteiger partial charge in [0.15, 0.2) is 11.5 Å². The highest BCUT2D eigenvalue weighted by atomic mass is 16.5. The summed E-state index contributed by atoms with van der Waals surface area (Å²) in [5.74, 6) is 1.28. The number of ketones is 1. The molecule has 3 aliphatic rings.